The van der Waals surface area contributed by atoms with Crippen LogP contribution in [0.2, 0.25) is 0 Å². The molecular formula is C16H27N3O2. The number of pyridine rings is 1. The Balaban J connectivity index is 2.74. The summed E-state index contributed by atoms with van der Waals surface area (Å²) in [6, 6.07) is 3.53. The summed E-state index contributed by atoms with van der Waals surface area (Å²) in [5, 5.41) is 3.12. The van der Waals surface area contributed by atoms with E-state index in [1.165, 1.54) is 0 Å². The molecule has 0 aliphatic carbocycles. The molecular weight excluding hydrogens is 266 g/mol. The van der Waals surface area contributed by atoms with E-state index < -0.39 is 0 Å². The van der Waals surface area contributed by atoms with Crippen molar-refractivity contribution in [1.82, 2.24) is 15.2 Å². The summed E-state index contributed by atoms with van der Waals surface area (Å²) >= 11 is 0. The zero-order valence-corrected chi connectivity index (χ0v) is 13.9. The predicted octanol–water partition coefficient (Wildman–Crippen LogP) is 2.19. The van der Waals surface area contributed by atoms with E-state index >= 15 is 0 Å². The van der Waals surface area contributed by atoms with Crippen molar-refractivity contribution >= 4 is 5.91 Å². The minimum absolute atomic E-state index is 0.00552. The number of carbonyl (C=O) groups is 1. The molecule has 0 fully saturated rings. The molecule has 1 atom stereocenters. The second-order valence-corrected chi connectivity index (χ2v) is 6.57. The highest BCUT2D eigenvalue weighted by Crippen LogP contribution is 2.22. The van der Waals surface area contributed by atoms with E-state index in [4.69, 9.17) is 4.74 Å². The van der Waals surface area contributed by atoms with E-state index in [1.807, 2.05) is 14.1 Å². The first kappa shape index (κ1) is 17.4. The molecule has 1 N–H and O–H groups in total. The van der Waals surface area contributed by atoms with Gasteiger partial charge in [0.25, 0.3) is 5.91 Å². The predicted molar refractivity (Wildman–Crippen MR) is 84.7 cm³/mol. The number of rotatable bonds is 6. The van der Waals surface area contributed by atoms with Crippen LogP contribution in [0.3, 0.4) is 0 Å². The Morgan fingerprint density at radius 1 is 1.38 bits per heavy atom. The van der Waals surface area contributed by atoms with E-state index in [0.717, 1.165) is 13.0 Å². The molecule has 0 saturated heterocycles. The van der Waals surface area contributed by atoms with E-state index in [9.17, 15) is 4.79 Å². The number of aromatic nitrogens is 1. The topological polar surface area (TPSA) is 54.5 Å². The number of methoxy groups -OCH3 is 1. The third-order valence-electron chi connectivity index (χ3n) is 3.42. The highest BCUT2D eigenvalue weighted by atomic mass is 16.5. The summed E-state index contributed by atoms with van der Waals surface area (Å²) in [5.74, 6) is 0.412. The normalized spacial score (nSPS) is 13.1. The van der Waals surface area contributed by atoms with Crippen LogP contribution >= 0.6 is 0 Å². The van der Waals surface area contributed by atoms with Crippen molar-refractivity contribution in [2.24, 2.45) is 5.41 Å². The van der Waals surface area contributed by atoms with Crippen LogP contribution in [0.25, 0.3) is 0 Å². The molecule has 0 aliphatic rings. The van der Waals surface area contributed by atoms with Gasteiger partial charge in [-0.25, -0.2) is 4.98 Å². The molecule has 1 rings (SSSR count). The number of nitrogens with zero attached hydrogens (tertiary/aromatic N) is 2. The largest absolute Gasteiger partial charge is 0.481 e. The lowest BCUT2D eigenvalue weighted by molar-refractivity contribution is 0.0892. The number of nitrogens with one attached hydrogen (secondary N) is 1. The summed E-state index contributed by atoms with van der Waals surface area (Å²) in [5.41, 5.74) is 0.556. The first-order valence-corrected chi connectivity index (χ1v) is 7.19. The molecule has 0 saturated carbocycles. The van der Waals surface area contributed by atoms with Gasteiger partial charge in [-0.3, -0.25) is 4.79 Å². The first-order chi connectivity index (χ1) is 9.74. The van der Waals surface area contributed by atoms with Crippen LogP contribution in [0.15, 0.2) is 18.3 Å². The Bertz CT molecular complexity index is 450. The Morgan fingerprint density at radius 3 is 2.48 bits per heavy atom. The number of amides is 1. The van der Waals surface area contributed by atoms with Gasteiger partial charge in [0.15, 0.2) is 0 Å². The zero-order valence-electron chi connectivity index (χ0n) is 13.9. The molecule has 1 amide bonds. The molecule has 0 aromatic carbocycles. The van der Waals surface area contributed by atoms with Crippen LogP contribution in [0.1, 0.15) is 37.6 Å². The fourth-order valence-electron chi connectivity index (χ4n) is 1.99. The lowest BCUT2D eigenvalue weighted by Gasteiger charge is -2.32. The van der Waals surface area contributed by atoms with Gasteiger partial charge in [0.2, 0.25) is 5.88 Å². The summed E-state index contributed by atoms with van der Waals surface area (Å²) in [6.45, 7) is 7.35. The van der Waals surface area contributed by atoms with Crippen molar-refractivity contribution in [2.75, 3.05) is 27.7 Å². The van der Waals surface area contributed by atoms with Gasteiger partial charge in [-0.2, -0.15) is 0 Å². The monoisotopic (exact) mass is 293 g/mol. The average Bonchev–Trinajstić information content (AvgIpc) is 2.41. The molecule has 0 unspecified atom stereocenters. The maximum atomic E-state index is 12.3. The van der Waals surface area contributed by atoms with Crippen LogP contribution in [-0.2, 0) is 0 Å². The van der Waals surface area contributed by atoms with Crippen LogP contribution in [0.5, 0.6) is 5.88 Å². The standard InChI is InChI=1S/C16H27N3O2/c1-16(2,3)13(9-10-19(4)5)18-15(20)12-7-8-14(21-6)17-11-12/h7-8,11,13H,9-10H2,1-6H3,(H,18,20)/t13-/m0/s1. The fraction of sp³-hybridized carbons (Fsp3) is 0.625. The SMILES string of the molecule is COc1ccc(C(=O)N[C@@H](CCN(C)C)C(C)(C)C)cn1. The number of hydrogen-bond acceptors (Lipinski definition) is 4. The first-order valence-electron chi connectivity index (χ1n) is 7.19. The van der Waals surface area contributed by atoms with Crippen molar-refractivity contribution in [3.05, 3.63) is 23.9 Å². The molecule has 0 spiro atoms. The summed E-state index contributed by atoms with van der Waals surface area (Å²) in [6.07, 6.45) is 2.45. The molecule has 21 heavy (non-hydrogen) atoms. The number of hydrogen-bond donors (Lipinski definition) is 1. The van der Waals surface area contributed by atoms with Crippen molar-refractivity contribution in [3.63, 3.8) is 0 Å². The molecule has 1 aromatic rings. The molecule has 5 heteroatoms. The Labute approximate surface area is 127 Å². The molecule has 5 nitrogen and oxygen atoms in total. The Hall–Kier alpha value is -1.62. The maximum Gasteiger partial charge on any atom is 0.253 e. The fourth-order valence-corrected chi connectivity index (χ4v) is 1.99. The second-order valence-electron chi connectivity index (χ2n) is 6.57. The molecule has 118 valence electrons. The maximum absolute atomic E-state index is 12.3. The van der Waals surface area contributed by atoms with Gasteiger partial charge in [0.05, 0.1) is 12.7 Å². The quantitative estimate of drug-likeness (QED) is 0.873. The van der Waals surface area contributed by atoms with Crippen molar-refractivity contribution in [1.29, 1.82) is 0 Å². The minimum atomic E-state index is -0.0937. The summed E-state index contributed by atoms with van der Waals surface area (Å²) in [4.78, 5) is 18.5. The van der Waals surface area contributed by atoms with Gasteiger partial charge >= 0.3 is 0 Å². The van der Waals surface area contributed by atoms with Gasteiger partial charge in [0.1, 0.15) is 0 Å². The van der Waals surface area contributed by atoms with Gasteiger partial charge in [0, 0.05) is 18.3 Å². The summed E-state index contributed by atoms with van der Waals surface area (Å²) in [7, 11) is 5.63. The van der Waals surface area contributed by atoms with Gasteiger partial charge in [-0.15, -0.1) is 0 Å². The Kier molecular flexibility index (Phi) is 6.15. The minimum Gasteiger partial charge on any atom is -0.481 e. The average molecular weight is 293 g/mol. The zero-order chi connectivity index (χ0) is 16.0. The van der Waals surface area contributed by atoms with E-state index in [0.29, 0.717) is 11.4 Å². The van der Waals surface area contributed by atoms with Crippen LogP contribution < -0.4 is 10.1 Å². The Morgan fingerprint density at radius 2 is 2.05 bits per heavy atom. The van der Waals surface area contributed by atoms with Crippen molar-refractivity contribution in [2.45, 2.75) is 33.2 Å². The van der Waals surface area contributed by atoms with E-state index in [1.54, 1.807) is 25.4 Å². The van der Waals surface area contributed by atoms with Gasteiger partial charge < -0.3 is 15.0 Å². The number of ether oxygens (including phenoxy) is 1. The number of carbonyl (C=O) groups excluding carboxylic acids is 1. The highest BCUT2D eigenvalue weighted by Gasteiger charge is 2.26. The third-order valence-corrected chi connectivity index (χ3v) is 3.42. The van der Waals surface area contributed by atoms with Gasteiger partial charge in [-0.05, 0) is 38.5 Å². The van der Waals surface area contributed by atoms with Crippen molar-refractivity contribution in [3.8, 4) is 5.88 Å². The summed E-state index contributed by atoms with van der Waals surface area (Å²) < 4.78 is 5.00. The molecule has 0 aliphatic heterocycles. The molecule has 1 heterocycles. The lowest BCUT2D eigenvalue weighted by Crippen LogP contribution is -2.45. The van der Waals surface area contributed by atoms with E-state index in [-0.39, 0.29) is 17.4 Å². The molecule has 0 radical (unpaired) electrons. The second kappa shape index (κ2) is 7.41. The lowest BCUT2D eigenvalue weighted by atomic mass is 9.84. The molecule has 1 aromatic heterocycles. The third kappa shape index (κ3) is 5.71. The van der Waals surface area contributed by atoms with Gasteiger partial charge in [-0.1, -0.05) is 20.8 Å². The van der Waals surface area contributed by atoms with Crippen molar-refractivity contribution < 1.29 is 9.53 Å². The van der Waals surface area contributed by atoms with E-state index in [2.05, 4.69) is 36.0 Å². The van der Waals surface area contributed by atoms with Crippen LogP contribution in [0.4, 0.5) is 0 Å². The smallest absolute Gasteiger partial charge is 0.253 e. The highest BCUT2D eigenvalue weighted by molar-refractivity contribution is 5.94. The van der Waals surface area contributed by atoms with Crippen LogP contribution in [-0.4, -0.2) is 49.6 Å². The molecule has 0 bridgehead atoms. The van der Waals surface area contributed by atoms with Crippen LogP contribution in [0, 0.1) is 5.41 Å².